The molecule has 0 radical (unpaired) electrons. The predicted octanol–water partition coefficient (Wildman–Crippen LogP) is 1.42. The van der Waals surface area contributed by atoms with Crippen molar-refractivity contribution >= 4 is 10.0 Å². The van der Waals surface area contributed by atoms with E-state index in [1.165, 1.54) is 0 Å². The fourth-order valence-corrected chi connectivity index (χ4v) is 5.03. The molecule has 2 rings (SSSR count). The molecule has 2 fully saturated rings. The summed E-state index contributed by atoms with van der Waals surface area (Å²) in [6, 6.07) is 0.282. The summed E-state index contributed by atoms with van der Waals surface area (Å²) in [5.41, 5.74) is 5.98. The lowest BCUT2D eigenvalue weighted by Crippen LogP contribution is -2.33. The molecule has 1 aliphatic heterocycles. The van der Waals surface area contributed by atoms with E-state index >= 15 is 0 Å². The van der Waals surface area contributed by atoms with Gasteiger partial charge >= 0.3 is 0 Å². The summed E-state index contributed by atoms with van der Waals surface area (Å²) >= 11 is 0. The van der Waals surface area contributed by atoms with Gasteiger partial charge in [0.2, 0.25) is 10.0 Å². The van der Waals surface area contributed by atoms with Crippen molar-refractivity contribution in [1.82, 2.24) is 4.31 Å². The Bertz CT molecular complexity index is 380. The molecule has 1 saturated carbocycles. The quantitative estimate of drug-likeness (QED) is 0.843. The number of hydrogen-bond donors (Lipinski definition) is 1. The van der Waals surface area contributed by atoms with Gasteiger partial charge in [-0.2, -0.15) is 0 Å². The zero-order valence-electron chi connectivity index (χ0n) is 11.5. The van der Waals surface area contributed by atoms with Gasteiger partial charge in [-0.15, -0.1) is 0 Å². The van der Waals surface area contributed by atoms with Crippen molar-refractivity contribution in [3.05, 3.63) is 0 Å². The van der Waals surface area contributed by atoms with Crippen LogP contribution in [-0.2, 0) is 10.0 Å². The predicted molar refractivity (Wildman–Crippen MR) is 73.6 cm³/mol. The Balaban J connectivity index is 1.95. The topological polar surface area (TPSA) is 63.4 Å². The van der Waals surface area contributed by atoms with E-state index < -0.39 is 10.0 Å². The third-order valence-electron chi connectivity index (χ3n) is 4.40. The van der Waals surface area contributed by atoms with E-state index in [0.29, 0.717) is 30.1 Å². The maximum Gasteiger partial charge on any atom is 0.214 e. The first-order chi connectivity index (χ1) is 8.38. The molecule has 4 nitrogen and oxygen atoms in total. The van der Waals surface area contributed by atoms with Crippen LogP contribution in [0.3, 0.4) is 0 Å². The van der Waals surface area contributed by atoms with Crippen molar-refractivity contribution in [2.24, 2.45) is 23.5 Å². The standard InChI is InChI=1S/C13H26N2O2S/c1-10(2)5-6-18(16,17)15-8-11-3-4-13(14)7-12(11)9-15/h10-13H,3-9,14H2,1-2H3/t11-,12+,13?/m1/s1. The Labute approximate surface area is 111 Å². The highest BCUT2D eigenvalue weighted by atomic mass is 32.2. The number of nitrogens with two attached hydrogens (primary N) is 1. The average Bonchev–Trinajstić information content (AvgIpc) is 2.70. The van der Waals surface area contributed by atoms with Gasteiger partial charge in [0.25, 0.3) is 0 Å². The highest BCUT2D eigenvalue weighted by Crippen LogP contribution is 2.36. The molecule has 0 spiro atoms. The van der Waals surface area contributed by atoms with E-state index in [-0.39, 0.29) is 6.04 Å². The fourth-order valence-electron chi connectivity index (χ4n) is 3.17. The van der Waals surface area contributed by atoms with E-state index in [2.05, 4.69) is 13.8 Å². The van der Waals surface area contributed by atoms with Crippen LogP contribution in [0.15, 0.2) is 0 Å². The van der Waals surface area contributed by atoms with E-state index in [0.717, 1.165) is 32.2 Å². The Hall–Kier alpha value is -0.130. The minimum absolute atomic E-state index is 0.282. The highest BCUT2D eigenvalue weighted by Gasteiger charge is 2.40. The maximum atomic E-state index is 12.3. The molecular weight excluding hydrogens is 248 g/mol. The van der Waals surface area contributed by atoms with Crippen LogP contribution >= 0.6 is 0 Å². The molecule has 2 N–H and O–H groups in total. The van der Waals surface area contributed by atoms with Gasteiger partial charge in [0, 0.05) is 19.1 Å². The second-order valence-corrected chi connectivity index (χ2v) is 8.50. The van der Waals surface area contributed by atoms with Crippen LogP contribution in [-0.4, -0.2) is 37.6 Å². The smallest absolute Gasteiger partial charge is 0.214 e. The normalized spacial score (nSPS) is 33.9. The van der Waals surface area contributed by atoms with Gasteiger partial charge in [0.1, 0.15) is 0 Å². The summed E-state index contributed by atoms with van der Waals surface area (Å²) < 4.78 is 26.2. The summed E-state index contributed by atoms with van der Waals surface area (Å²) in [6.07, 6.45) is 3.91. The zero-order valence-corrected chi connectivity index (χ0v) is 12.3. The summed E-state index contributed by atoms with van der Waals surface area (Å²) in [5, 5.41) is 0. The summed E-state index contributed by atoms with van der Waals surface area (Å²) in [4.78, 5) is 0. The van der Waals surface area contributed by atoms with Crippen LogP contribution in [0.4, 0.5) is 0 Å². The molecule has 0 aromatic carbocycles. The third kappa shape index (κ3) is 3.25. The molecule has 0 amide bonds. The fraction of sp³-hybridized carbons (Fsp3) is 1.00. The number of rotatable bonds is 4. The lowest BCUT2D eigenvalue weighted by atomic mass is 9.79. The Morgan fingerprint density at radius 1 is 1.22 bits per heavy atom. The van der Waals surface area contributed by atoms with Gasteiger partial charge in [-0.05, 0) is 43.4 Å². The van der Waals surface area contributed by atoms with Crippen molar-refractivity contribution in [1.29, 1.82) is 0 Å². The lowest BCUT2D eigenvalue weighted by Gasteiger charge is -2.28. The van der Waals surface area contributed by atoms with E-state index in [4.69, 9.17) is 5.73 Å². The Morgan fingerprint density at radius 3 is 2.56 bits per heavy atom. The molecule has 1 aliphatic carbocycles. The van der Waals surface area contributed by atoms with Gasteiger partial charge in [-0.25, -0.2) is 12.7 Å². The molecule has 0 aromatic heterocycles. The van der Waals surface area contributed by atoms with Crippen LogP contribution in [0.1, 0.15) is 39.5 Å². The second kappa shape index (κ2) is 5.47. The largest absolute Gasteiger partial charge is 0.328 e. The van der Waals surface area contributed by atoms with E-state index in [9.17, 15) is 8.42 Å². The van der Waals surface area contributed by atoms with Crippen LogP contribution < -0.4 is 5.73 Å². The van der Waals surface area contributed by atoms with Crippen LogP contribution in [0, 0.1) is 17.8 Å². The molecule has 18 heavy (non-hydrogen) atoms. The zero-order chi connectivity index (χ0) is 13.3. The van der Waals surface area contributed by atoms with Gasteiger partial charge in [-0.1, -0.05) is 13.8 Å². The first kappa shape index (κ1) is 14.3. The third-order valence-corrected chi connectivity index (χ3v) is 6.24. The van der Waals surface area contributed by atoms with E-state index in [1.807, 2.05) is 0 Å². The maximum absolute atomic E-state index is 12.3. The lowest BCUT2D eigenvalue weighted by molar-refractivity contribution is 0.271. The van der Waals surface area contributed by atoms with Gasteiger partial charge < -0.3 is 5.73 Å². The van der Waals surface area contributed by atoms with Crippen molar-refractivity contribution in [2.45, 2.75) is 45.6 Å². The molecular formula is C13H26N2O2S. The van der Waals surface area contributed by atoms with E-state index in [1.54, 1.807) is 4.31 Å². The molecule has 0 bridgehead atoms. The number of sulfonamides is 1. The minimum atomic E-state index is -3.04. The second-order valence-electron chi connectivity index (χ2n) is 6.41. The van der Waals surface area contributed by atoms with Gasteiger partial charge in [0.15, 0.2) is 0 Å². The molecule has 1 heterocycles. The molecule has 5 heteroatoms. The molecule has 106 valence electrons. The van der Waals surface area contributed by atoms with Crippen molar-refractivity contribution < 1.29 is 8.42 Å². The highest BCUT2D eigenvalue weighted by molar-refractivity contribution is 7.89. The molecule has 3 atom stereocenters. The van der Waals surface area contributed by atoms with Crippen LogP contribution in [0.25, 0.3) is 0 Å². The average molecular weight is 274 g/mol. The van der Waals surface area contributed by atoms with Crippen molar-refractivity contribution in [3.8, 4) is 0 Å². The summed E-state index contributed by atoms with van der Waals surface area (Å²) in [5.74, 6) is 1.80. The Kier molecular flexibility index (Phi) is 4.34. The summed E-state index contributed by atoms with van der Waals surface area (Å²) in [7, 11) is -3.04. The minimum Gasteiger partial charge on any atom is -0.328 e. The van der Waals surface area contributed by atoms with Gasteiger partial charge in [-0.3, -0.25) is 0 Å². The molecule has 1 unspecified atom stereocenters. The van der Waals surface area contributed by atoms with Crippen LogP contribution in [0.5, 0.6) is 0 Å². The van der Waals surface area contributed by atoms with Gasteiger partial charge in [0.05, 0.1) is 5.75 Å². The summed E-state index contributed by atoms with van der Waals surface area (Å²) in [6.45, 7) is 5.58. The molecule has 1 saturated heterocycles. The Morgan fingerprint density at radius 2 is 1.89 bits per heavy atom. The van der Waals surface area contributed by atoms with Crippen molar-refractivity contribution in [2.75, 3.05) is 18.8 Å². The number of fused-ring (bicyclic) bond motifs is 1. The van der Waals surface area contributed by atoms with Crippen LogP contribution in [0.2, 0.25) is 0 Å². The van der Waals surface area contributed by atoms with Crippen molar-refractivity contribution in [3.63, 3.8) is 0 Å². The SMILES string of the molecule is CC(C)CCS(=O)(=O)N1C[C@H]2CCC(N)C[C@H]2C1. The molecule has 2 aliphatic rings. The first-order valence-electron chi connectivity index (χ1n) is 7.12. The molecule has 0 aromatic rings. The monoisotopic (exact) mass is 274 g/mol. The number of hydrogen-bond acceptors (Lipinski definition) is 3. The number of nitrogens with zero attached hydrogens (tertiary/aromatic N) is 1. The first-order valence-corrected chi connectivity index (χ1v) is 8.73.